The van der Waals surface area contributed by atoms with Crippen LogP contribution in [0.2, 0.25) is 10.0 Å². The highest BCUT2D eigenvalue weighted by Gasteiger charge is 2.38. The third-order valence-corrected chi connectivity index (χ3v) is 9.94. The van der Waals surface area contributed by atoms with Gasteiger partial charge in [0.15, 0.2) is 0 Å². The maximum absolute atomic E-state index is 13.5. The van der Waals surface area contributed by atoms with Gasteiger partial charge in [-0.2, -0.15) is 4.31 Å². The molecule has 34 heavy (non-hydrogen) atoms. The SMILES string of the molecule is CC1(C)CN(S(=O)(=O)c2cc(Cl)cc(Cl)c2)Cc2cc(N3CCN(C4CCCC4)CC3)ccc21. The molecular weight excluding hydrogens is 489 g/mol. The van der Waals surface area contributed by atoms with E-state index in [1.54, 1.807) is 10.4 Å². The molecule has 0 bridgehead atoms. The largest absolute Gasteiger partial charge is 0.369 e. The average molecular weight is 523 g/mol. The molecule has 2 aliphatic heterocycles. The fourth-order valence-electron chi connectivity index (χ4n) is 5.95. The van der Waals surface area contributed by atoms with Crippen LogP contribution in [-0.4, -0.2) is 56.4 Å². The Hall–Kier alpha value is -1.31. The van der Waals surface area contributed by atoms with Gasteiger partial charge in [0.05, 0.1) is 4.90 Å². The lowest BCUT2D eigenvalue weighted by Gasteiger charge is -2.41. The summed E-state index contributed by atoms with van der Waals surface area (Å²) in [5.74, 6) is 0. The van der Waals surface area contributed by atoms with Crippen LogP contribution in [0, 0.1) is 0 Å². The van der Waals surface area contributed by atoms with E-state index < -0.39 is 10.0 Å². The Balaban J connectivity index is 1.38. The van der Waals surface area contributed by atoms with Gasteiger partial charge in [0.1, 0.15) is 0 Å². The number of hydrogen-bond acceptors (Lipinski definition) is 4. The van der Waals surface area contributed by atoms with E-state index in [1.807, 2.05) is 0 Å². The molecule has 0 amide bonds. The van der Waals surface area contributed by atoms with Gasteiger partial charge in [-0.1, -0.05) is 56.0 Å². The zero-order chi connectivity index (χ0) is 24.1. The first-order valence-electron chi connectivity index (χ1n) is 12.2. The molecule has 0 N–H and O–H groups in total. The van der Waals surface area contributed by atoms with Crippen molar-refractivity contribution in [1.82, 2.24) is 9.21 Å². The molecule has 1 aliphatic carbocycles. The minimum atomic E-state index is -3.73. The van der Waals surface area contributed by atoms with Crippen molar-refractivity contribution in [3.8, 4) is 0 Å². The number of nitrogens with zero attached hydrogens (tertiary/aromatic N) is 3. The van der Waals surface area contributed by atoms with Crippen molar-refractivity contribution >= 4 is 38.9 Å². The first-order valence-corrected chi connectivity index (χ1v) is 14.4. The van der Waals surface area contributed by atoms with Gasteiger partial charge in [-0.3, -0.25) is 4.90 Å². The van der Waals surface area contributed by atoms with Crippen molar-refractivity contribution in [3.05, 3.63) is 57.6 Å². The molecule has 0 spiro atoms. The molecule has 2 fully saturated rings. The van der Waals surface area contributed by atoms with Crippen LogP contribution in [0.5, 0.6) is 0 Å². The molecule has 8 heteroatoms. The van der Waals surface area contributed by atoms with Gasteiger partial charge in [0.25, 0.3) is 0 Å². The lowest BCUT2D eigenvalue weighted by molar-refractivity contribution is 0.187. The van der Waals surface area contributed by atoms with Crippen LogP contribution in [0.4, 0.5) is 5.69 Å². The maximum atomic E-state index is 13.5. The molecule has 2 heterocycles. The summed E-state index contributed by atoms with van der Waals surface area (Å²) in [6, 6.07) is 11.9. The number of anilines is 1. The van der Waals surface area contributed by atoms with E-state index in [0.29, 0.717) is 23.1 Å². The zero-order valence-corrected chi connectivity index (χ0v) is 22.3. The molecule has 2 aromatic rings. The number of benzene rings is 2. The Morgan fingerprint density at radius 3 is 2.21 bits per heavy atom. The molecule has 1 saturated carbocycles. The number of rotatable bonds is 4. The van der Waals surface area contributed by atoms with Crippen molar-refractivity contribution in [2.45, 2.75) is 62.4 Å². The highest BCUT2D eigenvalue weighted by Crippen LogP contribution is 2.38. The van der Waals surface area contributed by atoms with Crippen LogP contribution in [0.1, 0.15) is 50.7 Å². The second kappa shape index (κ2) is 9.29. The van der Waals surface area contributed by atoms with Gasteiger partial charge >= 0.3 is 0 Å². The molecule has 1 saturated heterocycles. The van der Waals surface area contributed by atoms with Crippen molar-refractivity contribution in [2.24, 2.45) is 0 Å². The Morgan fingerprint density at radius 2 is 1.56 bits per heavy atom. The minimum absolute atomic E-state index is 0.142. The number of sulfonamides is 1. The molecule has 184 valence electrons. The normalized spacial score (nSPS) is 22.2. The summed E-state index contributed by atoms with van der Waals surface area (Å²) in [6.07, 6.45) is 5.42. The summed E-state index contributed by atoms with van der Waals surface area (Å²) in [5.41, 5.74) is 3.17. The van der Waals surface area contributed by atoms with Crippen LogP contribution in [0.15, 0.2) is 41.3 Å². The summed E-state index contributed by atoms with van der Waals surface area (Å²) in [4.78, 5) is 5.25. The number of fused-ring (bicyclic) bond motifs is 1. The Bertz CT molecular complexity index is 1150. The summed E-state index contributed by atoms with van der Waals surface area (Å²) in [5, 5.41) is 0.642. The second-order valence-electron chi connectivity index (χ2n) is 10.6. The fourth-order valence-corrected chi connectivity index (χ4v) is 8.26. The quantitative estimate of drug-likeness (QED) is 0.529. The monoisotopic (exact) mass is 521 g/mol. The Morgan fingerprint density at radius 1 is 0.912 bits per heavy atom. The molecule has 5 nitrogen and oxygen atoms in total. The lowest BCUT2D eigenvalue weighted by Crippen LogP contribution is -2.50. The Kier molecular flexibility index (Phi) is 6.66. The van der Waals surface area contributed by atoms with Crippen molar-refractivity contribution in [2.75, 3.05) is 37.6 Å². The van der Waals surface area contributed by atoms with Crippen LogP contribution in [-0.2, 0) is 22.0 Å². The van der Waals surface area contributed by atoms with E-state index in [9.17, 15) is 8.42 Å². The third-order valence-electron chi connectivity index (χ3n) is 7.73. The van der Waals surface area contributed by atoms with Gasteiger partial charge in [-0.05, 0) is 54.3 Å². The predicted octanol–water partition coefficient (Wildman–Crippen LogP) is 5.54. The van der Waals surface area contributed by atoms with E-state index >= 15 is 0 Å². The van der Waals surface area contributed by atoms with E-state index in [4.69, 9.17) is 23.2 Å². The fraction of sp³-hybridized carbons (Fsp3) is 0.538. The van der Waals surface area contributed by atoms with Gasteiger partial charge in [0.2, 0.25) is 10.0 Å². The summed E-state index contributed by atoms with van der Waals surface area (Å²) in [6.45, 7) is 9.21. The van der Waals surface area contributed by atoms with Crippen LogP contribution in [0.3, 0.4) is 0 Å². The van der Waals surface area contributed by atoms with Crippen LogP contribution < -0.4 is 4.90 Å². The highest BCUT2D eigenvalue weighted by molar-refractivity contribution is 7.89. The smallest absolute Gasteiger partial charge is 0.243 e. The van der Waals surface area contributed by atoms with Crippen molar-refractivity contribution in [3.63, 3.8) is 0 Å². The van der Waals surface area contributed by atoms with Crippen LogP contribution >= 0.6 is 23.2 Å². The first-order chi connectivity index (χ1) is 16.1. The number of halogens is 2. The molecule has 5 rings (SSSR count). The molecule has 0 atom stereocenters. The number of hydrogen-bond donors (Lipinski definition) is 0. The Labute approximate surface area is 213 Å². The van der Waals surface area contributed by atoms with Gasteiger partial charge in [-0.25, -0.2) is 8.42 Å². The summed E-state index contributed by atoms with van der Waals surface area (Å²) in [7, 11) is -3.73. The van der Waals surface area contributed by atoms with E-state index in [1.165, 1.54) is 49.1 Å². The molecular formula is C26H33Cl2N3O2S. The number of piperazine rings is 1. The molecule has 2 aromatic carbocycles. The molecule has 3 aliphatic rings. The average Bonchev–Trinajstić information content (AvgIpc) is 3.33. The van der Waals surface area contributed by atoms with E-state index in [2.05, 4.69) is 41.8 Å². The van der Waals surface area contributed by atoms with Crippen molar-refractivity contribution in [1.29, 1.82) is 0 Å². The third kappa shape index (κ3) is 4.72. The standard InChI is InChI=1S/C26H33Cl2N3O2S/c1-26(2)18-31(34(32,33)24-15-20(27)14-21(28)16-24)17-19-13-23(7-8-25(19)26)30-11-9-29(10-12-30)22-5-3-4-6-22/h7-8,13-16,22H,3-6,9-12,17-18H2,1-2H3. The molecule has 0 unspecified atom stereocenters. The van der Waals surface area contributed by atoms with Gasteiger partial charge < -0.3 is 4.90 Å². The minimum Gasteiger partial charge on any atom is -0.369 e. The summed E-state index contributed by atoms with van der Waals surface area (Å²) >= 11 is 12.2. The predicted molar refractivity (Wildman–Crippen MR) is 140 cm³/mol. The molecule has 0 radical (unpaired) electrons. The van der Waals surface area contributed by atoms with Crippen LogP contribution in [0.25, 0.3) is 0 Å². The topological polar surface area (TPSA) is 43.9 Å². The maximum Gasteiger partial charge on any atom is 0.243 e. The second-order valence-corrected chi connectivity index (χ2v) is 13.4. The molecule has 0 aromatic heterocycles. The highest BCUT2D eigenvalue weighted by atomic mass is 35.5. The lowest BCUT2D eigenvalue weighted by atomic mass is 9.79. The van der Waals surface area contributed by atoms with Crippen molar-refractivity contribution < 1.29 is 8.42 Å². The van der Waals surface area contributed by atoms with E-state index in [0.717, 1.165) is 37.8 Å². The first kappa shape index (κ1) is 24.4. The summed E-state index contributed by atoms with van der Waals surface area (Å²) < 4.78 is 28.6. The van der Waals surface area contributed by atoms with Gasteiger partial charge in [0, 0.05) is 66.5 Å². The van der Waals surface area contributed by atoms with Gasteiger partial charge in [-0.15, -0.1) is 0 Å². The zero-order valence-electron chi connectivity index (χ0n) is 19.9. The van der Waals surface area contributed by atoms with E-state index in [-0.39, 0.29) is 10.3 Å².